The van der Waals surface area contributed by atoms with Crippen LogP contribution in [-0.2, 0) is 9.53 Å². The lowest BCUT2D eigenvalue weighted by atomic mass is 9.70. The van der Waals surface area contributed by atoms with Gasteiger partial charge in [0.1, 0.15) is 0 Å². The van der Waals surface area contributed by atoms with Crippen molar-refractivity contribution in [2.75, 3.05) is 4.90 Å². The first kappa shape index (κ1) is 14.5. The Morgan fingerprint density at radius 3 is 2.52 bits per heavy atom. The molecule has 0 bridgehead atoms. The van der Waals surface area contributed by atoms with Crippen LogP contribution in [0.15, 0.2) is 42.5 Å². The highest BCUT2D eigenvalue weighted by Gasteiger charge is 2.58. The number of para-hydroxylation sites is 1. The molecule has 1 heterocycles. The highest BCUT2D eigenvalue weighted by atomic mass is 16.6. The lowest BCUT2D eigenvalue weighted by molar-refractivity contribution is -0.117. The molecule has 2 atom stereocenters. The molecule has 4 rings (SSSR count). The molecule has 4 heteroatoms. The summed E-state index contributed by atoms with van der Waals surface area (Å²) in [4.78, 5) is 26.4. The molecule has 1 aliphatic heterocycles. The summed E-state index contributed by atoms with van der Waals surface area (Å²) < 4.78 is 5.96. The maximum absolute atomic E-state index is 12.7. The molecule has 0 N–H and O–H groups in total. The number of benzene rings is 1. The zero-order chi connectivity index (χ0) is 15.9. The van der Waals surface area contributed by atoms with Crippen LogP contribution in [0.2, 0.25) is 0 Å². The van der Waals surface area contributed by atoms with E-state index < -0.39 is 5.60 Å². The largest absolute Gasteiger partial charge is 0.436 e. The van der Waals surface area contributed by atoms with Gasteiger partial charge in [-0.15, -0.1) is 0 Å². The average Bonchev–Trinajstić information content (AvgIpc) is 2.89. The van der Waals surface area contributed by atoms with Crippen molar-refractivity contribution in [3.05, 3.63) is 42.5 Å². The van der Waals surface area contributed by atoms with E-state index in [1.165, 1.54) is 19.3 Å². The number of fused-ring (bicyclic) bond motifs is 1. The molecule has 0 unspecified atom stereocenters. The lowest BCUT2D eigenvalue weighted by Crippen LogP contribution is -2.52. The van der Waals surface area contributed by atoms with Gasteiger partial charge in [0, 0.05) is 18.0 Å². The van der Waals surface area contributed by atoms with Crippen LogP contribution in [0.5, 0.6) is 0 Å². The molecule has 1 saturated carbocycles. The molecule has 1 amide bonds. The van der Waals surface area contributed by atoms with Crippen LogP contribution >= 0.6 is 0 Å². The van der Waals surface area contributed by atoms with Gasteiger partial charge in [-0.1, -0.05) is 37.5 Å². The number of ketones is 1. The maximum Gasteiger partial charge on any atom is 0.415 e. The summed E-state index contributed by atoms with van der Waals surface area (Å²) in [6, 6.07) is 9.32. The standard InChI is InChI=1S/C19H21NO3/c21-16-11-12-19(14-7-3-1-4-8-14)17(13-16)20(18(22)23-19)15-9-5-2-6-10-15/h2,5-6,9-12,14,17H,1,3-4,7-8,13H2/t17-,19-/m0/s1. The van der Waals surface area contributed by atoms with E-state index in [0.29, 0.717) is 12.3 Å². The number of nitrogens with zero attached hydrogens (tertiary/aromatic N) is 1. The minimum absolute atomic E-state index is 0.0701. The number of allylic oxidation sites excluding steroid dienone is 1. The highest BCUT2D eigenvalue weighted by Crippen LogP contribution is 2.47. The third-order valence-electron chi connectivity index (χ3n) is 5.50. The summed E-state index contributed by atoms with van der Waals surface area (Å²) in [5.74, 6) is 0.379. The van der Waals surface area contributed by atoms with Gasteiger partial charge in [-0.3, -0.25) is 9.69 Å². The van der Waals surface area contributed by atoms with E-state index in [1.807, 2.05) is 36.4 Å². The van der Waals surface area contributed by atoms with E-state index >= 15 is 0 Å². The first-order valence-electron chi connectivity index (χ1n) is 8.50. The van der Waals surface area contributed by atoms with Crippen LogP contribution in [-0.4, -0.2) is 23.5 Å². The topological polar surface area (TPSA) is 46.6 Å². The zero-order valence-corrected chi connectivity index (χ0v) is 13.1. The van der Waals surface area contributed by atoms with E-state index in [4.69, 9.17) is 4.74 Å². The monoisotopic (exact) mass is 311 g/mol. The van der Waals surface area contributed by atoms with E-state index in [0.717, 1.165) is 18.5 Å². The Kier molecular flexibility index (Phi) is 3.47. The third-order valence-corrected chi connectivity index (χ3v) is 5.50. The van der Waals surface area contributed by atoms with Gasteiger partial charge in [0.15, 0.2) is 11.4 Å². The minimum Gasteiger partial charge on any atom is -0.436 e. The fourth-order valence-corrected chi connectivity index (χ4v) is 4.39. The second kappa shape index (κ2) is 5.52. The summed E-state index contributed by atoms with van der Waals surface area (Å²) >= 11 is 0. The summed E-state index contributed by atoms with van der Waals surface area (Å²) in [6.07, 6.45) is 9.21. The molecule has 0 spiro atoms. The minimum atomic E-state index is -0.638. The molecule has 120 valence electrons. The summed E-state index contributed by atoms with van der Waals surface area (Å²) in [7, 11) is 0. The van der Waals surface area contributed by atoms with Gasteiger partial charge in [-0.2, -0.15) is 0 Å². The van der Waals surface area contributed by atoms with Gasteiger partial charge in [-0.25, -0.2) is 4.79 Å². The predicted octanol–water partition coefficient (Wildman–Crippen LogP) is 3.86. The Balaban J connectivity index is 1.76. The molecule has 3 aliphatic rings. The van der Waals surface area contributed by atoms with E-state index in [1.54, 1.807) is 11.0 Å². The van der Waals surface area contributed by atoms with Gasteiger partial charge in [0.05, 0.1) is 6.04 Å². The second-order valence-corrected chi connectivity index (χ2v) is 6.78. The molecule has 1 saturated heterocycles. The number of hydrogen-bond donors (Lipinski definition) is 0. The van der Waals surface area contributed by atoms with Crippen molar-refractivity contribution in [1.29, 1.82) is 0 Å². The number of amides is 1. The Hall–Kier alpha value is -2.10. The Labute approximate surface area is 136 Å². The Morgan fingerprint density at radius 2 is 1.78 bits per heavy atom. The molecule has 2 fully saturated rings. The van der Waals surface area contributed by atoms with Crippen molar-refractivity contribution < 1.29 is 14.3 Å². The molecular formula is C19H21NO3. The van der Waals surface area contributed by atoms with Crippen LogP contribution in [0.4, 0.5) is 10.5 Å². The molecule has 2 aliphatic carbocycles. The second-order valence-electron chi connectivity index (χ2n) is 6.78. The van der Waals surface area contributed by atoms with Crippen LogP contribution in [0.3, 0.4) is 0 Å². The maximum atomic E-state index is 12.7. The first-order valence-corrected chi connectivity index (χ1v) is 8.50. The Bertz CT molecular complexity index is 648. The number of ether oxygens (including phenoxy) is 1. The van der Waals surface area contributed by atoms with Crippen LogP contribution in [0.1, 0.15) is 38.5 Å². The molecule has 4 nitrogen and oxygen atoms in total. The smallest absolute Gasteiger partial charge is 0.415 e. The first-order chi connectivity index (χ1) is 11.2. The van der Waals surface area contributed by atoms with E-state index in [2.05, 4.69) is 0 Å². The number of hydrogen-bond acceptors (Lipinski definition) is 3. The molecule has 1 aromatic rings. The summed E-state index contributed by atoms with van der Waals surface area (Å²) in [6.45, 7) is 0. The average molecular weight is 311 g/mol. The van der Waals surface area contributed by atoms with Crippen molar-refractivity contribution >= 4 is 17.6 Å². The van der Waals surface area contributed by atoms with E-state index in [9.17, 15) is 9.59 Å². The van der Waals surface area contributed by atoms with Crippen molar-refractivity contribution in [2.45, 2.75) is 50.2 Å². The molecule has 1 aromatic carbocycles. The van der Waals surface area contributed by atoms with Gasteiger partial charge in [-0.05, 0) is 37.1 Å². The van der Waals surface area contributed by atoms with Crippen molar-refractivity contribution in [3.63, 3.8) is 0 Å². The number of anilines is 1. The van der Waals surface area contributed by atoms with Crippen LogP contribution in [0.25, 0.3) is 0 Å². The van der Waals surface area contributed by atoms with Gasteiger partial charge in [0.2, 0.25) is 0 Å². The third kappa shape index (κ3) is 2.28. The lowest BCUT2D eigenvalue weighted by Gasteiger charge is -2.41. The van der Waals surface area contributed by atoms with Crippen molar-refractivity contribution in [3.8, 4) is 0 Å². The van der Waals surface area contributed by atoms with Gasteiger partial charge in [0.25, 0.3) is 0 Å². The predicted molar refractivity (Wildman–Crippen MR) is 87.3 cm³/mol. The SMILES string of the molecule is O=C1C=C[C@@]2(C3CCCCC3)OC(=O)N(c3ccccc3)[C@H]2C1. The summed E-state index contributed by atoms with van der Waals surface area (Å²) in [5.41, 5.74) is 0.171. The molecular weight excluding hydrogens is 290 g/mol. The molecule has 0 aromatic heterocycles. The molecule has 23 heavy (non-hydrogen) atoms. The number of rotatable bonds is 2. The molecule has 0 radical (unpaired) electrons. The quantitative estimate of drug-likeness (QED) is 0.833. The van der Waals surface area contributed by atoms with Crippen LogP contribution < -0.4 is 4.90 Å². The van der Waals surface area contributed by atoms with Gasteiger partial charge < -0.3 is 4.74 Å². The zero-order valence-electron chi connectivity index (χ0n) is 13.1. The normalized spacial score (nSPS) is 31.1. The van der Waals surface area contributed by atoms with Crippen LogP contribution in [0, 0.1) is 5.92 Å². The van der Waals surface area contributed by atoms with Crippen molar-refractivity contribution in [2.24, 2.45) is 5.92 Å². The van der Waals surface area contributed by atoms with Crippen molar-refractivity contribution in [1.82, 2.24) is 0 Å². The van der Waals surface area contributed by atoms with E-state index in [-0.39, 0.29) is 17.9 Å². The number of carbonyl (C=O) groups is 2. The summed E-state index contributed by atoms with van der Waals surface area (Å²) in [5, 5.41) is 0. The Morgan fingerprint density at radius 1 is 1.04 bits per heavy atom. The van der Waals surface area contributed by atoms with Gasteiger partial charge >= 0.3 is 6.09 Å². The highest BCUT2D eigenvalue weighted by molar-refractivity contribution is 5.98. The fraction of sp³-hybridized carbons (Fsp3) is 0.474. The fourth-order valence-electron chi connectivity index (χ4n) is 4.39. The number of carbonyl (C=O) groups excluding carboxylic acids is 2.